The number of nitriles is 1. The number of rotatable bonds is 5. The topological polar surface area (TPSA) is 67.2 Å². The highest BCUT2D eigenvalue weighted by molar-refractivity contribution is 7.92. The zero-order valence-corrected chi connectivity index (χ0v) is 13.1. The van der Waals surface area contributed by atoms with Crippen LogP contribution in [0.25, 0.3) is 0 Å². The van der Waals surface area contributed by atoms with Crippen LogP contribution < -0.4 is 4.74 Å². The first-order valence-corrected chi connectivity index (χ1v) is 9.07. The van der Waals surface area contributed by atoms with Crippen molar-refractivity contribution in [2.45, 2.75) is 37.9 Å². The lowest BCUT2D eigenvalue weighted by Gasteiger charge is -2.26. The molecule has 1 saturated carbocycles. The zero-order valence-electron chi connectivity index (χ0n) is 12.3. The Morgan fingerprint density at radius 3 is 2.90 bits per heavy atom. The molecule has 114 valence electrons. The number of hydrogen-bond donors (Lipinski definition) is 0. The molecule has 0 radical (unpaired) electrons. The van der Waals surface area contributed by atoms with Crippen molar-refractivity contribution in [2.75, 3.05) is 12.4 Å². The monoisotopic (exact) mass is 307 g/mol. The van der Waals surface area contributed by atoms with Gasteiger partial charge < -0.3 is 4.74 Å². The minimum absolute atomic E-state index is 0.0428. The molecule has 0 aromatic heterocycles. The predicted molar refractivity (Wildman–Crippen MR) is 81.9 cm³/mol. The predicted octanol–water partition coefficient (Wildman–Crippen LogP) is 2.93. The highest BCUT2D eigenvalue weighted by Crippen LogP contribution is 2.28. The second-order valence-electron chi connectivity index (χ2n) is 5.75. The van der Waals surface area contributed by atoms with Crippen molar-refractivity contribution < 1.29 is 13.2 Å². The van der Waals surface area contributed by atoms with Gasteiger partial charge in [0.2, 0.25) is 0 Å². The van der Waals surface area contributed by atoms with E-state index in [2.05, 4.69) is 6.92 Å². The molecule has 21 heavy (non-hydrogen) atoms. The minimum atomic E-state index is -3.09. The molecule has 4 nitrogen and oxygen atoms in total. The van der Waals surface area contributed by atoms with Crippen LogP contribution in [0.3, 0.4) is 0 Å². The van der Waals surface area contributed by atoms with Gasteiger partial charge in [-0.25, -0.2) is 8.42 Å². The van der Waals surface area contributed by atoms with Crippen LogP contribution in [-0.2, 0) is 9.84 Å². The summed E-state index contributed by atoms with van der Waals surface area (Å²) in [7, 11) is -3.09. The molecule has 1 aromatic carbocycles. The summed E-state index contributed by atoms with van der Waals surface area (Å²) >= 11 is 0. The Kier molecular flexibility index (Phi) is 5.24. The normalized spacial score (nSPS) is 22.5. The highest BCUT2D eigenvalue weighted by Gasteiger charge is 2.29. The van der Waals surface area contributed by atoms with Gasteiger partial charge in [0.05, 0.1) is 22.6 Å². The van der Waals surface area contributed by atoms with Crippen LogP contribution in [0.15, 0.2) is 24.3 Å². The Hall–Kier alpha value is -1.54. The summed E-state index contributed by atoms with van der Waals surface area (Å²) in [6.07, 6.45) is 3.67. The number of hydrogen-bond acceptors (Lipinski definition) is 4. The second kappa shape index (κ2) is 6.95. The molecule has 1 aliphatic rings. The van der Waals surface area contributed by atoms with E-state index in [1.165, 1.54) is 0 Å². The van der Waals surface area contributed by atoms with E-state index in [0.717, 1.165) is 25.7 Å². The third-order valence-electron chi connectivity index (χ3n) is 4.00. The second-order valence-corrected chi connectivity index (χ2v) is 8.15. The fraction of sp³-hybridized carbons (Fsp3) is 0.562. The molecule has 1 aliphatic carbocycles. The highest BCUT2D eigenvalue weighted by atomic mass is 32.2. The van der Waals surface area contributed by atoms with Gasteiger partial charge in [-0.2, -0.15) is 5.26 Å². The third-order valence-corrected chi connectivity index (χ3v) is 6.18. The Morgan fingerprint density at radius 1 is 1.38 bits per heavy atom. The summed E-state index contributed by atoms with van der Waals surface area (Å²) in [4.78, 5) is 0. The van der Waals surface area contributed by atoms with E-state index in [9.17, 15) is 8.42 Å². The molecule has 0 bridgehead atoms. The van der Waals surface area contributed by atoms with Crippen molar-refractivity contribution >= 4 is 9.84 Å². The Labute approximate surface area is 126 Å². The van der Waals surface area contributed by atoms with E-state index in [1.807, 2.05) is 6.07 Å². The van der Waals surface area contributed by atoms with Gasteiger partial charge in [-0.3, -0.25) is 0 Å². The maximum atomic E-state index is 12.3. The molecule has 0 heterocycles. The largest absolute Gasteiger partial charge is 0.492 e. The SMILES string of the molecule is CC1CCCC(S(=O)(=O)CCOc2cccc(C#N)c2)C1. The Bertz CT molecular complexity index is 619. The standard InChI is InChI=1S/C16H21NO3S/c1-13-4-2-7-16(10-13)21(18,19)9-8-20-15-6-3-5-14(11-15)12-17/h3,5-6,11,13,16H,2,4,7-10H2,1H3. The van der Waals surface area contributed by atoms with Gasteiger partial charge in [-0.05, 0) is 37.0 Å². The lowest BCUT2D eigenvalue weighted by Crippen LogP contribution is -2.31. The van der Waals surface area contributed by atoms with Gasteiger partial charge in [0.1, 0.15) is 12.4 Å². The molecule has 0 saturated heterocycles. The molecule has 0 spiro atoms. The summed E-state index contributed by atoms with van der Waals surface area (Å²) in [5.41, 5.74) is 0.511. The van der Waals surface area contributed by atoms with Crippen molar-refractivity contribution in [3.05, 3.63) is 29.8 Å². The lowest BCUT2D eigenvalue weighted by molar-refractivity contribution is 0.337. The first kappa shape index (κ1) is 15.8. The van der Waals surface area contributed by atoms with Crippen molar-refractivity contribution in [1.82, 2.24) is 0 Å². The van der Waals surface area contributed by atoms with Crippen LogP contribution in [0.5, 0.6) is 5.75 Å². The maximum absolute atomic E-state index is 12.3. The van der Waals surface area contributed by atoms with Crippen LogP contribution in [0.1, 0.15) is 38.2 Å². The molecule has 5 heteroatoms. The quantitative estimate of drug-likeness (QED) is 0.839. The number of nitrogens with zero attached hydrogens (tertiary/aromatic N) is 1. The third kappa shape index (κ3) is 4.47. The van der Waals surface area contributed by atoms with Gasteiger partial charge in [-0.15, -0.1) is 0 Å². The lowest BCUT2D eigenvalue weighted by atomic mass is 9.91. The van der Waals surface area contributed by atoms with Crippen LogP contribution in [-0.4, -0.2) is 26.0 Å². The van der Waals surface area contributed by atoms with E-state index in [1.54, 1.807) is 24.3 Å². The Balaban J connectivity index is 1.88. The average Bonchev–Trinajstić information content (AvgIpc) is 2.47. The molecule has 2 atom stereocenters. The van der Waals surface area contributed by atoms with E-state index < -0.39 is 9.84 Å². The summed E-state index contributed by atoms with van der Waals surface area (Å²) in [6, 6.07) is 8.80. The van der Waals surface area contributed by atoms with Gasteiger partial charge in [0.25, 0.3) is 0 Å². The molecule has 1 aromatic rings. The molecular formula is C16H21NO3S. The molecule has 1 fully saturated rings. The smallest absolute Gasteiger partial charge is 0.156 e. The van der Waals surface area contributed by atoms with E-state index in [-0.39, 0.29) is 17.6 Å². The molecule has 0 aliphatic heterocycles. The summed E-state index contributed by atoms with van der Waals surface area (Å²) in [6.45, 7) is 2.26. The first-order valence-electron chi connectivity index (χ1n) is 7.36. The van der Waals surface area contributed by atoms with E-state index >= 15 is 0 Å². The van der Waals surface area contributed by atoms with Crippen molar-refractivity contribution in [1.29, 1.82) is 5.26 Å². The van der Waals surface area contributed by atoms with Crippen LogP contribution in [0.2, 0.25) is 0 Å². The van der Waals surface area contributed by atoms with Crippen molar-refractivity contribution in [3.8, 4) is 11.8 Å². The summed E-state index contributed by atoms with van der Waals surface area (Å²) in [5, 5.41) is 8.60. The van der Waals surface area contributed by atoms with Crippen molar-refractivity contribution in [2.24, 2.45) is 5.92 Å². The van der Waals surface area contributed by atoms with Gasteiger partial charge in [0, 0.05) is 0 Å². The molecule has 2 unspecified atom stereocenters. The number of ether oxygens (including phenoxy) is 1. The van der Waals surface area contributed by atoms with Gasteiger partial charge in [-0.1, -0.05) is 25.8 Å². The molecule has 0 N–H and O–H groups in total. The van der Waals surface area contributed by atoms with Gasteiger partial charge in [0.15, 0.2) is 9.84 Å². The van der Waals surface area contributed by atoms with E-state index in [0.29, 0.717) is 17.2 Å². The van der Waals surface area contributed by atoms with Crippen LogP contribution in [0.4, 0.5) is 0 Å². The zero-order chi connectivity index (χ0) is 15.3. The van der Waals surface area contributed by atoms with Gasteiger partial charge >= 0.3 is 0 Å². The summed E-state index contributed by atoms with van der Waals surface area (Å²) < 4.78 is 30.1. The summed E-state index contributed by atoms with van der Waals surface area (Å²) in [5.74, 6) is 1.08. The van der Waals surface area contributed by atoms with Crippen molar-refractivity contribution in [3.63, 3.8) is 0 Å². The molecule has 0 amide bonds. The minimum Gasteiger partial charge on any atom is -0.492 e. The fourth-order valence-corrected chi connectivity index (χ4v) is 4.60. The number of benzene rings is 1. The Morgan fingerprint density at radius 2 is 2.19 bits per heavy atom. The fourth-order valence-electron chi connectivity index (χ4n) is 2.80. The number of sulfone groups is 1. The first-order chi connectivity index (χ1) is 10.0. The molecule has 2 rings (SSSR count). The molecular weight excluding hydrogens is 286 g/mol. The maximum Gasteiger partial charge on any atom is 0.156 e. The van der Waals surface area contributed by atoms with Crippen LogP contribution in [0, 0.1) is 17.2 Å². The average molecular weight is 307 g/mol. The van der Waals surface area contributed by atoms with E-state index in [4.69, 9.17) is 10.00 Å². The van der Waals surface area contributed by atoms with Crippen LogP contribution >= 0.6 is 0 Å².